The maximum absolute atomic E-state index is 4.81. The molecule has 18 rings (SSSR count). The van der Waals surface area contributed by atoms with Crippen LogP contribution in [-0.4, -0.2) is 52.8 Å². The first-order valence-electron chi connectivity index (χ1n) is 32.8. The number of rotatable bonds is 6. The molecule has 14 heteroatoms. The number of para-hydroxylation sites is 2. The Kier molecular flexibility index (Phi) is 19.4. The number of fused-ring (bicyclic) bond motifs is 14. The second kappa shape index (κ2) is 28.6. The van der Waals surface area contributed by atoms with Crippen molar-refractivity contribution in [2.75, 3.05) is 33.7 Å². The van der Waals surface area contributed by atoms with Crippen molar-refractivity contribution in [1.82, 2.24) is 38.7 Å². The van der Waals surface area contributed by atoms with Crippen LogP contribution in [0.5, 0.6) is 0 Å². The third-order valence-corrected chi connectivity index (χ3v) is 18.5. The molecule has 0 N–H and O–H groups in total. The summed E-state index contributed by atoms with van der Waals surface area (Å²) in [5.74, 6) is 3.27. The number of hydrogen-bond donors (Lipinski definition) is 0. The minimum Gasteiger partial charge on any atom is -0.501 e. The summed E-state index contributed by atoms with van der Waals surface area (Å²) >= 11 is 0. The molecule has 0 saturated heterocycles. The summed E-state index contributed by atoms with van der Waals surface area (Å²) in [5, 5.41) is 7.05. The summed E-state index contributed by atoms with van der Waals surface area (Å²) in [6.07, 6.45) is 7.77. The second-order valence-corrected chi connectivity index (χ2v) is 25.2. The molecule has 0 amide bonds. The molecule has 8 heterocycles. The maximum Gasteiger partial charge on any atom is 3.00 e. The van der Waals surface area contributed by atoms with Gasteiger partial charge in [-0.2, -0.15) is 74.0 Å². The first kappa shape index (κ1) is 67.8. The normalized spacial score (nSPS) is 12.2. The van der Waals surface area contributed by atoms with Gasteiger partial charge in [0.15, 0.2) is 11.6 Å². The SMILES string of the molecule is Cc1ccc2c(c1)c1ccc[c-]c1c1ncc(-c3c(C)cccc3C)n21.Cc1ccc2c(c1)c1ccc[c-]c1c1ncc(-c3c(C)cccc3C)n21.Cc1ccccc1-c1ncc2c(n1)N(C)[CH-]N2c1[c-]cccc1.Cc1ccccc1-c1ncc2c(n1)N(c1[c-]cccc1)[CH-]N2C.[Ir+3].[Ir+3]. The van der Waals surface area contributed by atoms with E-state index in [9.17, 15) is 0 Å². The van der Waals surface area contributed by atoms with Crippen molar-refractivity contribution in [3.63, 3.8) is 0 Å². The maximum atomic E-state index is 4.81. The zero-order valence-electron chi connectivity index (χ0n) is 57.1. The molecular weight excluding hydrogens is 1590 g/mol. The van der Waals surface area contributed by atoms with Crippen molar-refractivity contribution in [3.05, 3.63) is 313 Å². The summed E-state index contributed by atoms with van der Waals surface area (Å²) in [4.78, 5) is 36.5. The van der Waals surface area contributed by atoms with Gasteiger partial charge < -0.3 is 28.4 Å². The molecule has 2 aliphatic rings. The summed E-state index contributed by atoms with van der Waals surface area (Å²) < 4.78 is 4.59. The van der Waals surface area contributed by atoms with Crippen molar-refractivity contribution in [2.45, 2.75) is 55.4 Å². The Balaban J connectivity index is 0.000000119. The quantitative estimate of drug-likeness (QED) is 0.118. The number of pyridine rings is 2. The Morgan fingerprint density at radius 3 is 1.24 bits per heavy atom. The Morgan fingerprint density at radius 2 is 0.770 bits per heavy atom. The van der Waals surface area contributed by atoms with E-state index < -0.39 is 0 Å². The van der Waals surface area contributed by atoms with Crippen LogP contribution in [0.15, 0.2) is 231 Å². The van der Waals surface area contributed by atoms with Gasteiger partial charge in [-0.3, -0.25) is 9.97 Å². The summed E-state index contributed by atoms with van der Waals surface area (Å²) in [6, 6.07) is 84.0. The summed E-state index contributed by atoms with van der Waals surface area (Å²) in [5.41, 5.74) is 25.1. The van der Waals surface area contributed by atoms with Gasteiger partial charge in [0.1, 0.15) is 11.6 Å². The van der Waals surface area contributed by atoms with Crippen LogP contribution in [0.3, 0.4) is 0 Å². The zero-order valence-corrected chi connectivity index (χ0v) is 61.9. The molecule has 492 valence electrons. The van der Waals surface area contributed by atoms with Crippen LogP contribution in [0.1, 0.15) is 44.5 Å². The van der Waals surface area contributed by atoms with Gasteiger partial charge in [-0.15, -0.1) is 70.7 Å². The fourth-order valence-electron chi connectivity index (χ4n) is 13.7. The third kappa shape index (κ3) is 12.6. The van der Waals surface area contributed by atoms with E-state index >= 15 is 0 Å². The van der Waals surface area contributed by atoms with Crippen molar-refractivity contribution in [2.24, 2.45) is 0 Å². The van der Waals surface area contributed by atoms with Crippen LogP contribution < -0.4 is 19.6 Å². The van der Waals surface area contributed by atoms with Gasteiger partial charge in [0.2, 0.25) is 0 Å². The molecule has 0 fully saturated rings. The van der Waals surface area contributed by atoms with Crippen LogP contribution in [0, 0.1) is 93.0 Å². The molecule has 0 aliphatic carbocycles. The van der Waals surface area contributed by atoms with E-state index in [4.69, 9.17) is 19.9 Å². The molecule has 0 radical (unpaired) electrons. The Hall–Kier alpha value is -10.7. The zero-order chi connectivity index (χ0) is 67.3. The largest absolute Gasteiger partial charge is 3.00 e. The van der Waals surface area contributed by atoms with E-state index in [1.165, 1.54) is 88.2 Å². The van der Waals surface area contributed by atoms with E-state index in [0.29, 0.717) is 0 Å². The fraction of sp³-hybridized carbons (Fsp3) is 0.116. The monoisotopic (exact) mass is 1660 g/mol. The van der Waals surface area contributed by atoms with Gasteiger partial charge >= 0.3 is 40.2 Å². The molecule has 0 unspecified atom stereocenters. The first-order chi connectivity index (χ1) is 47.8. The summed E-state index contributed by atoms with van der Waals surface area (Å²) in [6.45, 7) is 21.1. The summed E-state index contributed by atoms with van der Waals surface area (Å²) in [7, 11) is 4.00. The molecule has 0 atom stereocenters. The number of nitrogens with zero attached hydrogens (tertiary/aromatic N) is 12. The van der Waals surface area contributed by atoms with E-state index in [0.717, 1.165) is 90.6 Å². The topological polar surface area (TPSA) is 99.1 Å². The molecule has 6 aromatic heterocycles. The van der Waals surface area contributed by atoms with Crippen LogP contribution >= 0.6 is 0 Å². The van der Waals surface area contributed by atoms with E-state index in [2.05, 4.69) is 225 Å². The average molecular weight is 1660 g/mol. The predicted molar refractivity (Wildman–Crippen MR) is 402 cm³/mol. The molecule has 0 bridgehead atoms. The predicted octanol–water partition coefficient (Wildman–Crippen LogP) is 20.0. The Bertz CT molecular complexity index is 5470. The van der Waals surface area contributed by atoms with E-state index in [1.807, 2.05) is 152 Å². The second-order valence-electron chi connectivity index (χ2n) is 25.2. The number of hydrogen-bond acceptors (Lipinski definition) is 10. The van der Waals surface area contributed by atoms with Gasteiger partial charge in [0, 0.05) is 45.7 Å². The molecule has 0 saturated carbocycles. The van der Waals surface area contributed by atoms with E-state index in [1.54, 1.807) is 0 Å². The molecule has 16 aromatic rings. The smallest absolute Gasteiger partial charge is 0.501 e. The average Bonchev–Trinajstić information content (AvgIpc) is 1.48. The Morgan fingerprint density at radius 1 is 0.350 bits per heavy atom. The molecule has 12 nitrogen and oxygen atoms in total. The minimum absolute atomic E-state index is 0. The number of benzene rings is 10. The fourth-order valence-corrected chi connectivity index (χ4v) is 13.7. The molecule has 100 heavy (non-hydrogen) atoms. The third-order valence-electron chi connectivity index (χ3n) is 18.5. The molecule has 10 aromatic carbocycles. The van der Waals surface area contributed by atoms with Crippen molar-refractivity contribution in [3.8, 4) is 45.3 Å². The van der Waals surface area contributed by atoms with Gasteiger partial charge in [-0.25, -0.2) is 19.9 Å². The van der Waals surface area contributed by atoms with Gasteiger partial charge in [0.25, 0.3) is 0 Å². The Labute approximate surface area is 611 Å². The van der Waals surface area contributed by atoms with E-state index in [-0.39, 0.29) is 40.2 Å². The number of anilines is 6. The van der Waals surface area contributed by atoms with Crippen LogP contribution in [-0.2, 0) is 40.2 Å². The number of aryl methyl sites for hydroxylation is 8. The number of imidazole rings is 2. The van der Waals surface area contributed by atoms with Crippen molar-refractivity contribution in [1.29, 1.82) is 0 Å². The van der Waals surface area contributed by atoms with Crippen molar-refractivity contribution >= 4 is 89.0 Å². The van der Waals surface area contributed by atoms with Gasteiger partial charge in [-0.05, 0) is 126 Å². The number of aromatic nitrogens is 8. The van der Waals surface area contributed by atoms with Crippen LogP contribution in [0.25, 0.3) is 99.9 Å². The molecular formula is C86H70Ir2N12. The minimum atomic E-state index is 0. The van der Waals surface area contributed by atoms with Crippen molar-refractivity contribution < 1.29 is 40.2 Å². The molecule has 2 aliphatic heterocycles. The van der Waals surface area contributed by atoms with Gasteiger partial charge in [0.05, 0.1) is 46.5 Å². The van der Waals surface area contributed by atoms with Gasteiger partial charge in [-0.1, -0.05) is 131 Å². The molecule has 0 spiro atoms. The first-order valence-corrected chi connectivity index (χ1v) is 32.8. The van der Waals surface area contributed by atoms with Crippen LogP contribution in [0.4, 0.5) is 34.4 Å². The van der Waals surface area contributed by atoms with Crippen LogP contribution in [0.2, 0.25) is 0 Å². The standard InChI is InChI=1S/2C24H19N2.2C19H16N4.2Ir/c2*1-15-11-12-21-20(13-15)18-9-4-5-10-19(18)24-25-14-22(26(21)24)23-16(2)7-6-8-17(23)3;1-14-8-6-7-11-16(14)18-20-12-17-19(21-18)22(2)13-23(17)15-9-4-3-5-10-15;1-14-8-6-7-11-16(14)18-20-12-17-19(21-18)23(13-22(17)2)15-9-4-3-5-10-15;;/h2*4-9,11-14H,1-3H3;2*3-9,11-13H,1-2H3;;/q2*-1;2*-2;2*+3.